The van der Waals surface area contributed by atoms with Crippen LogP contribution in [-0.2, 0) is 4.79 Å². The van der Waals surface area contributed by atoms with Gasteiger partial charge in [0, 0.05) is 12.6 Å². The summed E-state index contributed by atoms with van der Waals surface area (Å²) in [6.45, 7) is 2.67. The number of carbonyl (C=O) groups is 1. The van der Waals surface area contributed by atoms with Crippen LogP contribution in [0.25, 0.3) is 0 Å². The van der Waals surface area contributed by atoms with Crippen molar-refractivity contribution in [2.45, 2.75) is 6.92 Å². The normalized spacial score (nSPS) is 13.5. The molecule has 1 aliphatic rings. The van der Waals surface area contributed by atoms with Crippen molar-refractivity contribution in [3.05, 3.63) is 18.2 Å². The number of carbonyl (C=O) groups excluding carboxylic acids is 1. The lowest BCUT2D eigenvalue weighted by Crippen LogP contribution is -2.36. The van der Waals surface area contributed by atoms with Crippen LogP contribution < -0.4 is 15.4 Å². The van der Waals surface area contributed by atoms with Crippen molar-refractivity contribution in [1.82, 2.24) is 0 Å². The molecule has 82 valence electrons. The van der Waals surface area contributed by atoms with Gasteiger partial charge in [-0.2, -0.15) is 0 Å². The van der Waals surface area contributed by atoms with Crippen LogP contribution >= 0.6 is 12.4 Å². The summed E-state index contributed by atoms with van der Waals surface area (Å²) < 4.78 is 5.41. The van der Waals surface area contributed by atoms with Gasteiger partial charge in [-0.15, -0.1) is 12.4 Å². The van der Waals surface area contributed by atoms with Crippen molar-refractivity contribution in [2.24, 2.45) is 0 Å². The summed E-state index contributed by atoms with van der Waals surface area (Å²) in [4.78, 5) is 13.0. The Labute approximate surface area is 94.4 Å². The predicted octanol–water partition coefficient (Wildman–Crippen LogP) is 1.44. The van der Waals surface area contributed by atoms with E-state index in [1.807, 2.05) is 0 Å². The molecule has 0 saturated carbocycles. The molecule has 1 heterocycles. The molecule has 0 aliphatic carbocycles. The highest BCUT2D eigenvalue weighted by molar-refractivity contribution is 5.94. The van der Waals surface area contributed by atoms with Gasteiger partial charge in [-0.25, -0.2) is 0 Å². The van der Waals surface area contributed by atoms with Crippen LogP contribution in [0.5, 0.6) is 5.75 Å². The van der Waals surface area contributed by atoms with Crippen molar-refractivity contribution in [2.75, 3.05) is 23.8 Å². The number of hydrogen-bond donors (Lipinski definition) is 1. The smallest absolute Gasteiger partial charge is 0.224 e. The number of fused-ring (bicyclic) bond motifs is 1. The van der Waals surface area contributed by atoms with Crippen molar-refractivity contribution in [1.29, 1.82) is 0 Å². The summed E-state index contributed by atoms with van der Waals surface area (Å²) >= 11 is 0. The van der Waals surface area contributed by atoms with Gasteiger partial charge in [0.25, 0.3) is 0 Å². The standard InChI is InChI=1S/C10H12N2O2.ClH/c1-7(13)12-4-5-14-10-3-2-8(11)6-9(10)12;/h2-3,6H,4-5,11H2,1H3;1H. The maximum absolute atomic E-state index is 11.3. The topological polar surface area (TPSA) is 55.6 Å². The third-order valence-electron chi connectivity index (χ3n) is 2.23. The van der Waals surface area contributed by atoms with Crippen LogP contribution in [0.2, 0.25) is 0 Å². The van der Waals surface area contributed by atoms with Gasteiger partial charge >= 0.3 is 0 Å². The van der Waals surface area contributed by atoms with Crippen LogP contribution in [0.15, 0.2) is 18.2 Å². The van der Waals surface area contributed by atoms with Crippen LogP contribution in [0, 0.1) is 0 Å². The average Bonchev–Trinajstić information content (AvgIpc) is 2.16. The lowest BCUT2D eigenvalue weighted by Gasteiger charge is -2.28. The van der Waals surface area contributed by atoms with Crippen molar-refractivity contribution in [3.63, 3.8) is 0 Å². The van der Waals surface area contributed by atoms with E-state index in [1.165, 1.54) is 6.92 Å². The van der Waals surface area contributed by atoms with E-state index in [0.717, 1.165) is 11.4 Å². The van der Waals surface area contributed by atoms with E-state index in [4.69, 9.17) is 10.5 Å². The molecule has 0 spiro atoms. The van der Waals surface area contributed by atoms with Gasteiger partial charge in [0.1, 0.15) is 12.4 Å². The largest absolute Gasteiger partial charge is 0.490 e. The minimum Gasteiger partial charge on any atom is -0.490 e. The minimum absolute atomic E-state index is 0. The van der Waals surface area contributed by atoms with Gasteiger partial charge < -0.3 is 15.4 Å². The molecule has 0 fully saturated rings. The Bertz CT molecular complexity index is 382. The monoisotopic (exact) mass is 228 g/mol. The molecule has 0 unspecified atom stereocenters. The fourth-order valence-electron chi connectivity index (χ4n) is 1.56. The van der Waals surface area contributed by atoms with Gasteiger partial charge in [-0.05, 0) is 18.2 Å². The molecule has 15 heavy (non-hydrogen) atoms. The summed E-state index contributed by atoms with van der Waals surface area (Å²) in [6, 6.07) is 5.32. The van der Waals surface area contributed by atoms with Crippen LogP contribution in [0.4, 0.5) is 11.4 Å². The Morgan fingerprint density at radius 3 is 2.93 bits per heavy atom. The molecule has 1 aromatic rings. The number of nitrogens with two attached hydrogens (primary N) is 1. The molecule has 0 bridgehead atoms. The number of halogens is 1. The SMILES string of the molecule is CC(=O)N1CCOc2ccc(N)cc21.Cl. The Morgan fingerprint density at radius 1 is 1.53 bits per heavy atom. The number of nitrogen functional groups attached to an aromatic ring is 1. The van der Waals surface area contributed by atoms with Gasteiger partial charge in [-0.1, -0.05) is 0 Å². The highest BCUT2D eigenvalue weighted by Gasteiger charge is 2.20. The van der Waals surface area contributed by atoms with E-state index in [2.05, 4.69) is 0 Å². The van der Waals surface area contributed by atoms with Gasteiger partial charge in [0.2, 0.25) is 5.91 Å². The zero-order chi connectivity index (χ0) is 10.1. The Hall–Kier alpha value is -1.42. The molecular formula is C10H13ClN2O2. The van der Waals surface area contributed by atoms with Gasteiger partial charge in [-0.3, -0.25) is 4.79 Å². The third kappa shape index (κ3) is 2.15. The van der Waals surface area contributed by atoms with E-state index >= 15 is 0 Å². The van der Waals surface area contributed by atoms with Crippen LogP contribution in [0.3, 0.4) is 0 Å². The summed E-state index contributed by atoms with van der Waals surface area (Å²) in [5, 5.41) is 0. The van der Waals surface area contributed by atoms with Gasteiger partial charge in [0.05, 0.1) is 12.2 Å². The number of ether oxygens (including phenoxy) is 1. The number of hydrogen-bond acceptors (Lipinski definition) is 3. The number of amides is 1. The molecule has 0 aromatic heterocycles. The molecule has 1 aromatic carbocycles. The summed E-state index contributed by atoms with van der Waals surface area (Å²) in [6.07, 6.45) is 0. The first-order chi connectivity index (χ1) is 6.68. The summed E-state index contributed by atoms with van der Waals surface area (Å²) in [7, 11) is 0. The van der Waals surface area contributed by atoms with Gasteiger partial charge in [0.15, 0.2) is 0 Å². The third-order valence-corrected chi connectivity index (χ3v) is 2.23. The zero-order valence-electron chi connectivity index (χ0n) is 8.40. The maximum Gasteiger partial charge on any atom is 0.224 e. The average molecular weight is 229 g/mol. The second-order valence-electron chi connectivity index (χ2n) is 3.25. The van der Waals surface area contributed by atoms with Crippen LogP contribution in [0.1, 0.15) is 6.92 Å². The first-order valence-electron chi connectivity index (χ1n) is 4.49. The number of nitrogens with zero attached hydrogens (tertiary/aromatic N) is 1. The van der Waals surface area contributed by atoms with E-state index < -0.39 is 0 Å². The molecule has 0 atom stereocenters. The molecule has 2 rings (SSSR count). The second kappa shape index (κ2) is 4.40. The highest BCUT2D eigenvalue weighted by atomic mass is 35.5. The number of rotatable bonds is 0. The molecular weight excluding hydrogens is 216 g/mol. The summed E-state index contributed by atoms with van der Waals surface area (Å²) in [5.41, 5.74) is 7.06. The summed E-state index contributed by atoms with van der Waals surface area (Å²) in [5.74, 6) is 0.737. The zero-order valence-corrected chi connectivity index (χ0v) is 9.21. The molecule has 1 amide bonds. The molecule has 1 aliphatic heterocycles. The predicted molar refractivity (Wildman–Crippen MR) is 61.6 cm³/mol. The first-order valence-corrected chi connectivity index (χ1v) is 4.49. The van der Waals surface area contributed by atoms with Crippen LogP contribution in [-0.4, -0.2) is 19.1 Å². The molecule has 5 heteroatoms. The van der Waals surface area contributed by atoms with Crippen molar-refractivity contribution < 1.29 is 9.53 Å². The molecule has 2 N–H and O–H groups in total. The second-order valence-corrected chi connectivity index (χ2v) is 3.25. The minimum atomic E-state index is 0. The lowest BCUT2D eigenvalue weighted by atomic mass is 10.2. The first kappa shape index (κ1) is 11.7. The fourth-order valence-corrected chi connectivity index (χ4v) is 1.56. The Morgan fingerprint density at radius 2 is 2.27 bits per heavy atom. The maximum atomic E-state index is 11.3. The molecule has 0 saturated heterocycles. The molecule has 0 radical (unpaired) electrons. The van der Waals surface area contributed by atoms with Crippen molar-refractivity contribution in [3.8, 4) is 5.75 Å². The lowest BCUT2D eigenvalue weighted by molar-refractivity contribution is -0.116. The van der Waals surface area contributed by atoms with Crippen molar-refractivity contribution >= 4 is 29.7 Å². The van der Waals surface area contributed by atoms with E-state index in [-0.39, 0.29) is 18.3 Å². The van der Waals surface area contributed by atoms with E-state index in [9.17, 15) is 4.79 Å². The molecule has 4 nitrogen and oxygen atoms in total. The number of benzene rings is 1. The van der Waals surface area contributed by atoms with E-state index in [1.54, 1.807) is 23.1 Å². The Balaban J connectivity index is 0.00000112. The highest BCUT2D eigenvalue weighted by Crippen LogP contribution is 2.33. The number of anilines is 2. The van der Waals surface area contributed by atoms with E-state index in [0.29, 0.717) is 18.8 Å². The Kier molecular flexibility index (Phi) is 3.42. The quantitative estimate of drug-likeness (QED) is 0.684. The fraction of sp³-hybridized carbons (Fsp3) is 0.300.